The van der Waals surface area contributed by atoms with Gasteiger partial charge in [-0.15, -0.1) is 11.8 Å². The number of hydrogen-bond donors (Lipinski definition) is 0. The van der Waals surface area contributed by atoms with E-state index >= 15 is 0 Å². The minimum Gasteiger partial charge on any atom is -0.490 e. The number of thioether (sulfide) groups is 1. The monoisotopic (exact) mass is 260 g/mol. The number of unbranched alkanes of at least 4 members (excludes halogenated alkanes) is 3. The summed E-state index contributed by atoms with van der Waals surface area (Å²) in [6.45, 7) is 2.56. The highest BCUT2D eigenvalue weighted by molar-refractivity contribution is 7.98. The average molecular weight is 260 g/mol. The number of rotatable bonds is 7. The molecule has 0 radical (unpaired) electrons. The second-order valence-corrected chi connectivity index (χ2v) is 4.65. The fraction of sp³-hybridized carbons (Fsp3) is 0.538. The van der Waals surface area contributed by atoms with Gasteiger partial charge in [-0.2, -0.15) is 4.39 Å². The van der Waals surface area contributed by atoms with Crippen LogP contribution in [0.5, 0.6) is 5.75 Å². The number of benzene rings is 1. The van der Waals surface area contributed by atoms with E-state index in [1.165, 1.54) is 17.8 Å². The average Bonchev–Trinajstić information content (AvgIpc) is 2.34. The molecule has 0 aromatic heterocycles. The Kier molecular flexibility index (Phi) is 6.34. The number of hydrogen-bond acceptors (Lipinski definition) is 2. The van der Waals surface area contributed by atoms with Crippen LogP contribution < -0.4 is 4.74 Å². The van der Waals surface area contributed by atoms with Crippen LogP contribution in [0, 0.1) is 11.6 Å². The van der Waals surface area contributed by atoms with Gasteiger partial charge in [-0.1, -0.05) is 26.2 Å². The molecule has 1 nitrogen and oxygen atoms in total. The van der Waals surface area contributed by atoms with Gasteiger partial charge in [0, 0.05) is 4.90 Å². The Bertz CT molecular complexity index is 356. The van der Waals surface area contributed by atoms with Gasteiger partial charge in [-0.05, 0) is 24.8 Å². The smallest absolute Gasteiger partial charge is 0.201 e. The Balaban J connectivity index is 2.51. The zero-order chi connectivity index (χ0) is 12.7. The van der Waals surface area contributed by atoms with Crippen molar-refractivity contribution in [2.24, 2.45) is 0 Å². The highest BCUT2D eigenvalue weighted by Crippen LogP contribution is 2.27. The van der Waals surface area contributed by atoms with Crippen molar-refractivity contribution in [3.63, 3.8) is 0 Å². The lowest BCUT2D eigenvalue weighted by atomic mass is 10.2. The van der Waals surface area contributed by atoms with Crippen LogP contribution in [-0.2, 0) is 0 Å². The summed E-state index contributed by atoms with van der Waals surface area (Å²) in [7, 11) is 0. The van der Waals surface area contributed by atoms with E-state index in [1.54, 1.807) is 12.3 Å². The van der Waals surface area contributed by atoms with Crippen LogP contribution in [0.25, 0.3) is 0 Å². The summed E-state index contributed by atoms with van der Waals surface area (Å²) in [5, 5.41) is 0. The molecule has 0 spiro atoms. The molecule has 0 saturated heterocycles. The summed E-state index contributed by atoms with van der Waals surface area (Å²) < 4.78 is 32.2. The normalized spacial score (nSPS) is 10.6. The molecule has 0 unspecified atom stereocenters. The van der Waals surface area contributed by atoms with Crippen molar-refractivity contribution in [1.29, 1.82) is 0 Å². The lowest BCUT2D eigenvalue weighted by Gasteiger charge is -2.09. The van der Waals surface area contributed by atoms with Crippen LogP contribution in [0.4, 0.5) is 8.78 Å². The third-order valence-corrected chi connectivity index (χ3v) is 3.24. The zero-order valence-electron chi connectivity index (χ0n) is 10.3. The van der Waals surface area contributed by atoms with E-state index in [4.69, 9.17) is 4.74 Å². The Hall–Kier alpha value is -0.770. The van der Waals surface area contributed by atoms with Crippen molar-refractivity contribution in [3.05, 3.63) is 23.8 Å². The highest BCUT2D eigenvalue weighted by atomic mass is 32.2. The molecule has 0 aliphatic rings. The zero-order valence-corrected chi connectivity index (χ0v) is 11.1. The molecule has 0 heterocycles. The first-order valence-electron chi connectivity index (χ1n) is 5.85. The van der Waals surface area contributed by atoms with E-state index in [0.29, 0.717) is 11.5 Å². The summed E-state index contributed by atoms with van der Waals surface area (Å²) in [4.78, 5) is 0.306. The topological polar surface area (TPSA) is 9.23 Å². The van der Waals surface area contributed by atoms with Crippen LogP contribution in [0.3, 0.4) is 0 Å². The van der Waals surface area contributed by atoms with Crippen LogP contribution in [0.2, 0.25) is 0 Å². The predicted molar refractivity (Wildman–Crippen MR) is 67.8 cm³/mol. The lowest BCUT2D eigenvalue weighted by Crippen LogP contribution is -2.01. The van der Waals surface area contributed by atoms with Crippen molar-refractivity contribution < 1.29 is 13.5 Å². The molecule has 0 fully saturated rings. The largest absolute Gasteiger partial charge is 0.490 e. The minimum absolute atomic E-state index is 0.0109. The molecule has 0 atom stereocenters. The molecule has 1 aromatic rings. The second-order valence-electron chi connectivity index (χ2n) is 3.80. The van der Waals surface area contributed by atoms with Crippen molar-refractivity contribution in [2.75, 3.05) is 12.9 Å². The van der Waals surface area contributed by atoms with Gasteiger partial charge in [0.15, 0.2) is 11.6 Å². The van der Waals surface area contributed by atoms with Crippen molar-refractivity contribution in [2.45, 2.75) is 37.5 Å². The molecule has 96 valence electrons. The van der Waals surface area contributed by atoms with Gasteiger partial charge in [0.1, 0.15) is 0 Å². The standard InChI is InChI=1S/C13H18F2OS/c1-3-4-5-6-9-16-10-7-8-11(17-2)13(15)12(10)14/h7-8H,3-6,9H2,1-2H3. The first-order chi connectivity index (χ1) is 8.20. The Morgan fingerprint density at radius 3 is 2.53 bits per heavy atom. The van der Waals surface area contributed by atoms with E-state index in [2.05, 4.69) is 6.92 Å². The van der Waals surface area contributed by atoms with E-state index < -0.39 is 11.6 Å². The predicted octanol–water partition coefficient (Wildman–Crippen LogP) is 4.65. The van der Waals surface area contributed by atoms with Crippen LogP contribution in [0.1, 0.15) is 32.6 Å². The number of halogens is 2. The summed E-state index contributed by atoms with van der Waals surface area (Å²) in [5.74, 6) is -1.69. The first kappa shape index (κ1) is 14.3. The molecule has 0 amide bonds. The van der Waals surface area contributed by atoms with E-state index in [0.717, 1.165) is 25.7 Å². The maximum Gasteiger partial charge on any atom is 0.201 e. The fourth-order valence-electron chi connectivity index (χ4n) is 1.49. The van der Waals surface area contributed by atoms with Gasteiger partial charge in [-0.25, -0.2) is 4.39 Å². The summed E-state index contributed by atoms with van der Waals surface area (Å²) in [6.07, 6.45) is 5.93. The van der Waals surface area contributed by atoms with Crippen molar-refractivity contribution >= 4 is 11.8 Å². The van der Waals surface area contributed by atoms with E-state index in [-0.39, 0.29) is 5.75 Å². The molecule has 17 heavy (non-hydrogen) atoms. The highest BCUT2D eigenvalue weighted by Gasteiger charge is 2.13. The molecular weight excluding hydrogens is 242 g/mol. The Morgan fingerprint density at radius 1 is 1.12 bits per heavy atom. The molecule has 4 heteroatoms. The fourth-order valence-corrected chi connectivity index (χ4v) is 1.97. The summed E-state index contributed by atoms with van der Waals surface area (Å²) in [5.41, 5.74) is 0. The third kappa shape index (κ3) is 4.19. The SMILES string of the molecule is CCCCCCOc1ccc(SC)c(F)c1F. The summed E-state index contributed by atoms with van der Waals surface area (Å²) >= 11 is 1.18. The molecule has 1 aromatic carbocycles. The van der Waals surface area contributed by atoms with Gasteiger partial charge in [0.2, 0.25) is 5.82 Å². The Morgan fingerprint density at radius 2 is 1.88 bits per heavy atom. The van der Waals surface area contributed by atoms with Crippen LogP contribution in [-0.4, -0.2) is 12.9 Å². The van der Waals surface area contributed by atoms with Gasteiger partial charge in [0.25, 0.3) is 0 Å². The molecule has 0 bridgehead atoms. The second kappa shape index (κ2) is 7.54. The quantitative estimate of drug-likeness (QED) is 0.521. The molecule has 0 saturated carbocycles. The van der Waals surface area contributed by atoms with Crippen LogP contribution >= 0.6 is 11.8 Å². The van der Waals surface area contributed by atoms with Crippen LogP contribution in [0.15, 0.2) is 17.0 Å². The third-order valence-electron chi connectivity index (χ3n) is 2.49. The van der Waals surface area contributed by atoms with Gasteiger partial charge < -0.3 is 4.74 Å². The van der Waals surface area contributed by atoms with Gasteiger partial charge in [0.05, 0.1) is 6.61 Å². The lowest BCUT2D eigenvalue weighted by molar-refractivity contribution is 0.284. The minimum atomic E-state index is -0.882. The van der Waals surface area contributed by atoms with Gasteiger partial charge >= 0.3 is 0 Å². The van der Waals surface area contributed by atoms with Crippen molar-refractivity contribution in [1.82, 2.24) is 0 Å². The first-order valence-corrected chi connectivity index (χ1v) is 7.08. The molecular formula is C13H18F2OS. The maximum absolute atomic E-state index is 13.5. The molecule has 0 N–H and O–H groups in total. The van der Waals surface area contributed by atoms with E-state index in [1.807, 2.05) is 0 Å². The number of ether oxygens (including phenoxy) is 1. The van der Waals surface area contributed by atoms with Crippen molar-refractivity contribution in [3.8, 4) is 5.75 Å². The molecule has 1 rings (SSSR count). The molecule has 0 aliphatic carbocycles. The maximum atomic E-state index is 13.5. The van der Waals surface area contributed by atoms with E-state index in [9.17, 15) is 8.78 Å². The van der Waals surface area contributed by atoms with Gasteiger partial charge in [-0.3, -0.25) is 0 Å². The molecule has 0 aliphatic heterocycles. The summed E-state index contributed by atoms with van der Waals surface area (Å²) in [6, 6.07) is 3.04. The Labute approximate surface area is 106 Å².